The predicted octanol–water partition coefficient (Wildman–Crippen LogP) is 4.82. The average molecular weight is 356 g/mol. The van der Waals surface area contributed by atoms with Gasteiger partial charge in [-0.05, 0) is 46.7 Å². The Kier molecular flexibility index (Phi) is 4.10. The minimum Gasteiger partial charge on any atom is -0.484 e. The fourth-order valence-electron chi connectivity index (χ4n) is 2.55. The maximum atomic E-state index is 13.4. The van der Waals surface area contributed by atoms with E-state index in [1.165, 1.54) is 10.9 Å². The number of hydrogen-bond donors (Lipinski definition) is 1. The van der Waals surface area contributed by atoms with E-state index in [4.69, 9.17) is 4.74 Å². The van der Waals surface area contributed by atoms with Gasteiger partial charge in [0.25, 0.3) is 0 Å². The van der Waals surface area contributed by atoms with E-state index in [0.717, 1.165) is 28.8 Å². The van der Waals surface area contributed by atoms with Crippen molar-refractivity contribution in [1.29, 1.82) is 0 Å². The number of fused-ring (bicyclic) bond motifs is 1. The normalized spacial score (nSPS) is 21.4. The highest BCUT2D eigenvalue weighted by Gasteiger charge is 2.30. The predicted molar refractivity (Wildman–Crippen MR) is 82.8 cm³/mol. The molecule has 1 N–H and O–H groups in total. The summed E-state index contributed by atoms with van der Waals surface area (Å²) in [5.41, 5.74) is 0.915. The third-order valence-electron chi connectivity index (χ3n) is 3.42. The Hall–Kier alpha value is -0.910. The second-order valence-electron chi connectivity index (χ2n) is 4.80. The van der Waals surface area contributed by atoms with Gasteiger partial charge in [0, 0.05) is 32.8 Å². The number of ether oxygens (including phenoxy) is 1. The molecule has 0 radical (unpaired) electrons. The molecule has 3 rings (SSSR count). The summed E-state index contributed by atoms with van der Waals surface area (Å²) in [5.74, 6) is 0.561. The molecular weight excluding hydrogens is 341 g/mol. The topological polar surface area (TPSA) is 21.3 Å². The fourth-order valence-corrected chi connectivity index (χ4v) is 4.04. The molecule has 0 aliphatic carbocycles. The molecule has 0 saturated carbocycles. The molecule has 0 amide bonds. The third kappa shape index (κ3) is 2.75. The highest BCUT2D eigenvalue weighted by atomic mass is 79.9. The number of rotatable bonds is 3. The van der Waals surface area contributed by atoms with Crippen LogP contribution in [0.5, 0.6) is 5.75 Å². The van der Waals surface area contributed by atoms with Crippen molar-refractivity contribution in [3.63, 3.8) is 0 Å². The molecule has 0 spiro atoms. The Morgan fingerprint density at radius 3 is 3.00 bits per heavy atom. The molecule has 20 heavy (non-hydrogen) atoms. The average Bonchev–Trinajstić information content (AvgIpc) is 2.86. The molecule has 2 aromatic rings. The van der Waals surface area contributed by atoms with Crippen molar-refractivity contribution in [2.24, 2.45) is 0 Å². The number of halogens is 2. The highest BCUT2D eigenvalue weighted by molar-refractivity contribution is 9.10. The van der Waals surface area contributed by atoms with Crippen LogP contribution in [0.3, 0.4) is 0 Å². The minimum absolute atomic E-state index is 0.0216. The molecular formula is C15H15BrFNOS. The lowest BCUT2D eigenvalue weighted by Crippen LogP contribution is -2.28. The van der Waals surface area contributed by atoms with Gasteiger partial charge in [0.15, 0.2) is 0 Å². The summed E-state index contributed by atoms with van der Waals surface area (Å²) >= 11 is 5.16. The lowest BCUT2D eigenvalue weighted by Gasteiger charge is -2.32. The molecule has 106 valence electrons. The summed E-state index contributed by atoms with van der Waals surface area (Å²) in [5, 5.41) is 5.48. The first-order valence-corrected chi connectivity index (χ1v) is 8.28. The maximum Gasteiger partial charge on any atom is 0.135 e. The molecule has 0 saturated heterocycles. The Morgan fingerprint density at radius 2 is 2.30 bits per heavy atom. The van der Waals surface area contributed by atoms with Crippen molar-refractivity contribution >= 4 is 27.3 Å². The van der Waals surface area contributed by atoms with Crippen molar-refractivity contribution in [3.8, 4) is 5.75 Å². The van der Waals surface area contributed by atoms with Crippen molar-refractivity contribution in [1.82, 2.24) is 5.32 Å². The molecule has 1 aliphatic rings. The van der Waals surface area contributed by atoms with Crippen LogP contribution < -0.4 is 10.1 Å². The monoisotopic (exact) mass is 355 g/mol. The maximum absolute atomic E-state index is 13.4. The Balaban J connectivity index is 1.94. The Labute approximate surface area is 130 Å². The van der Waals surface area contributed by atoms with Crippen LogP contribution in [0.4, 0.5) is 4.39 Å². The molecule has 1 aromatic carbocycles. The summed E-state index contributed by atoms with van der Waals surface area (Å²) in [6.07, 6.45) is 0.838. The van der Waals surface area contributed by atoms with Crippen LogP contribution in [-0.4, -0.2) is 6.54 Å². The second-order valence-corrected chi connectivity index (χ2v) is 6.66. The number of thiophene rings is 1. The highest BCUT2D eigenvalue weighted by Crippen LogP contribution is 2.42. The quantitative estimate of drug-likeness (QED) is 0.851. The van der Waals surface area contributed by atoms with Crippen LogP contribution in [0.1, 0.15) is 35.9 Å². The van der Waals surface area contributed by atoms with E-state index >= 15 is 0 Å². The summed E-state index contributed by atoms with van der Waals surface area (Å²) in [4.78, 5) is 1.19. The van der Waals surface area contributed by atoms with Gasteiger partial charge in [0.05, 0.1) is 0 Å². The first-order valence-electron chi connectivity index (χ1n) is 6.60. The fraction of sp³-hybridized carbons (Fsp3) is 0.333. The summed E-state index contributed by atoms with van der Waals surface area (Å²) in [6.45, 7) is 2.91. The van der Waals surface area contributed by atoms with Crippen LogP contribution in [0, 0.1) is 5.82 Å². The molecule has 1 aromatic heterocycles. The lowest BCUT2D eigenvalue weighted by molar-refractivity contribution is 0.155. The second kappa shape index (κ2) is 5.84. The SMILES string of the molecule is CCNC1CC(c2cc(Br)cs2)Oc2ccc(F)cc21. The van der Waals surface area contributed by atoms with E-state index in [-0.39, 0.29) is 18.0 Å². The van der Waals surface area contributed by atoms with Gasteiger partial charge in [-0.3, -0.25) is 0 Å². The summed E-state index contributed by atoms with van der Waals surface area (Å²) < 4.78 is 20.6. The largest absolute Gasteiger partial charge is 0.484 e. The molecule has 1 aliphatic heterocycles. The van der Waals surface area contributed by atoms with Crippen LogP contribution in [0.2, 0.25) is 0 Å². The standard InChI is InChI=1S/C15H15BrFNOS/c1-2-18-12-7-14(15-5-9(16)8-20-15)19-13-4-3-10(17)6-11(12)13/h3-6,8,12,14,18H,2,7H2,1H3. The van der Waals surface area contributed by atoms with Crippen molar-refractivity contribution in [2.45, 2.75) is 25.5 Å². The van der Waals surface area contributed by atoms with Crippen LogP contribution >= 0.6 is 27.3 Å². The van der Waals surface area contributed by atoms with E-state index in [1.807, 2.05) is 0 Å². The molecule has 2 unspecified atom stereocenters. The Morgan fingerprint density at radius 1 is 1.45 bits per heavy atom. The number of nitrogens with one attached hydrogen (secondary N) is 1. The van der Waals surface area contributed by atoms with Crippen molar-refractivity contribution < 1.29 is 9.13 Å². The molecule has 0 bridgehead atoms. The van der Waals surface area contributed by atoms with E-state index < -0.39 is 0 Å². The van der Waals surface area contributed by atoms with Gasteiger partial charge in [0.1, 0.15) is 17.7 Å². The van der Waals surface area contributed by atoms with Gasteiger partial charge in [-0.15, -0.1) is 11.3 Å². The van der Waals surface area contributed by atoms with Gasteiger partial charge < -0.3 is 10.1 Å². The molecule has 5 heteroatoms. The first-order chi connectivity index (χ1) is 9.67. The van der Waals surface area contributed by atoms with Crippen molar-refractivity contribution in [3.05, 3.63) is 50.4 Å². The van der Waals surface area contributed by atoms with Crippen LogP contribution in [0.25, 0.3) is 0 Å². The third-order valence-corrected chi connectivity index (χ3v) is 5.21. The molecule has 2 heterocycles. The van der Waals surface area contributed by atoms with Crippen LogP contribution in [0.15, 0.2) is 34.1 Å². The summed E-state index contributed by atoms with van der Waals surface area (Å²) in [6, 6.07) is 6.97. The van der Waals surface area contributed by atoms with Gasteiger partial charge in [-0.1, -0.05) is 6.92 Å². The first kappa shape index (κ1) is 14.0. The molecule has 0 fully saturated rings. The van der Waals surface area contributed by atoms with Gasteiger partial charge in [0.2, 0.25) is 0 Å². The zero-order valence-corrected chi connectivity index (χ0v) is 13.4. The van der Waals surface area contributed by atoms with Gasteiger partial charge >= 0.3 is 0 Å². The van der Waals surface area contributed by atoms with Crippen LogP contribution in [-0.2, 0) is 0 Å². The zero-order chi connectivity index (χ0) is 14.1. The van der Waals surface area contributed by atoms with Crippen molar-refractivity contribution in [2.75, 3.05) is 6.54 Å². The number of benzene rings is 1. The summed E-state index contributed by atoms with van der Waals surface area (Å²) in [7, 11) is 0. The molecule has 2 nitrogen and oxygen atoms in total. The smallest absolute Gasteiger partial charge is 0.135 e. The van der Waals surface area contributed by atoms with E-state index in [1.54, 1.807) is 23.5 Å². The van der Waals surface area contributed by atoms with Gasteiger partial charge in [-0.25, -0.2) is 4.39 Å². The lowest BCUT2D eigenvalue weighted by atomic mass is 9.95. The van der Waals surface area contributed by atoms with Gasteiger partial charge in [-0.2, -0.15) is 0 Å². The van der Waals surface area contributed by atoms with E-state index in [2.05, 4.69) is 39.6 Å². The zero-order valence-electron chi connectivity index (χ0n) is 11.0. The number of hydrogen-bond acceptors (Lipinski definition) is 3. The van der Waals surface area contributed by atoms with E-state index in [9.17, 15) is 4.39 Å². The molecule has 2 atom stereocenters. The minimum atomic E-state index is -0.215. The van der Waals surface area contributed by atoms with E-state index in [0.29, 0.717) is 0 Å². The Bertz CT molecular complexity index is 616.